The van der Waals surface area contributed by atoms with Crippen LogP contribution in [0.3, 0.4) is 0 Å². The van der Waals surface area contributed by atoms with Crippen molar-refractivity contribution < 1.29 is 14.3 Å². The van der Waals surface area contributed by atoms with Crippen LogP contribution in [-0.2, 0) is 11.2 Å². The van der Waals surface area contributed by atoms with Crippen LogP contribution >= 0.6 is 45.3 Å². The Balaban J connectivity index is 1.71. The summed E-state index contributed by atoms with van der Waals surface area (Å²) >= 11 is 5.35. The van der Waals surface area contributed by atoms with E-state index in [1.54, 1.807) is 34.9 Å². The average molecular weight is 606 g/mol. The largest absolute Gasteiger partial charge is 0.483 e. The van der Waals surface area contributed by atoms with Crippen LogP contribution in [0.2, 0.25) is 0 Å². The molecule has 0 amide bonds. The van der Waals surface area contributed by atoms with Crippen molar-refractivity contribution in [3.63, 3.8) is 0 Å². The van der Waals surface area contributed by atoms with E-state index in [2.05, 4.69) is 46.7 Å². The van der Waals surface area contributed by atoms with Gasteiger partial charge in [0, 0.05) is 27.1 Å². The maximum absolute atomic E-state index is 12.6. The Morgan fingerprint density at radius 2 is 2.03 bits per heavy atom. The third kappa shape index (κ3) is 5.76. The highest BCUT2D eigenvalue weighted by atomic mass is 127. The lowest BCUT2D eigenvalue weighted by molar-refractivity contribution is 0.0601. The molecule has 9 heteroatoms. The minimum Gasteiger partial charge on any atom is -0.483 e. The number of pyridine rings is 1. The molecule has 6 nitrogen and oxygen atoms in total. The molecule has 0 radical (unpaired) electrons. The number of aromatic nitrogens is 2. The number of rotatable bonds is 9. The number of thiazole rings is 1. The third-order valence-electron chi connectivity index (χ3n) is 4.94. The van der Waals surface area contributed by atoms with Gasteiger partial charge in [-0.25, -0.2) is 14.8 Å². The predicted octanol–water partition coefficient (Wildman–Crippen LogP) is 7.43. The fourth-order valence-corrected chi connectivity index (χ4v) is 5.71. The van der Waals surface area contributed by atoms with E-state index in [0.29, 0.717) is 27.0 Å². The molecule has 0 saturated heterocycles. The second kappa shape index (κ2) is 11.3. The number of esters is 1. The Morgan fingerprint density at radius 3 is 2.74 bits per heavy atom. The Labute approximate surface area is 220 Å². The van der Waals surface area contributed by atoms with Crippen LogP contribution in [-0.4, -0.2) is 27.7 Å². The van der Waals surface area contributed by atoms with Gasteiger partial charge in [0.15, 0.2) is 5.13 Å². The highest BCUT2D eigenvalue weighted by molar-refractivity contribution is 14.1. The summed E-state index contributed by atoms with van der Waals surface area (Å²) in [7, 11) is 1.37. The monoisotopic (exact) mass is 605 g/mol. The molecule has 34 heavy (non-hydrogen) atoms. The van der Waals surface area contributed by atoms with Crippen molar-refractivity contribution in [3.05, 3.63) is 64.5 Å². The van der Waals surface area contributed by atoms with E-state index >= 15 is 0 Å². The van der Waals surface area contributed by atoms with Gasteiger partial charge in [0.05, 0.1) is 12.8 Å². The molecule has 3 aromatic heterocycles. The number of carbonyl (C=O) groups is 1. The lowest BCUT2D eigenvalue weighted by Crippen LogP contribution is -2.07. The molecule has 3 heterocycles. The number of benzene rings is 1. The van der Waals surface area contributed by atoms with Crippen LogP contribution in [0.15, 0.2) is 54.0 Å². The molecule has 0 unspecified atom stereocenters. The molecule has 0 spiro atoms. The quantitative estimate of drug-likeness (QED) is 0.122. The highest BCUT2D eigenvalue weighted by Gasteiger charge is 2.19. The maximum Gasteiger partial charge on any atom is 0.341 e. The van der Waals surface area contributed by atoms with Crippen LogP contribution in [0, 0.1) is 5.92 Å². The fraction of sp³-hybridized carbons (Fsp3) is 0.240. The second-order valence-corrected chi connectivity index (χ2v) is 10.5. The number of hydrogen-bond acceptors (Lipinski definition) is 8. The van der Waals surface area contributed by atoms with Crippen LogP contribution in [0.5, 0.6) is 5.75 Å². The van der Waals surface area contributed by atoms with Crippen LogP contribution < -0.4 is 10.1 Å². The Hall–Kier alpha value is -2.50. The van der Waals surface area contributed by atoms with Gasteiger partial charge >= 0.3 is 5.97 Å². The van der Waals surface area contributed by atoms with Crippen LogP contribution in [0.25, 0.3) is 21.7 Å². The number of methoxy groups -OCH3 is 1. The van der Waals surface area contributed by atoms with E-state index in [-0.39, 0.29) is 0 Å². The van der Waals surface area contributed by atoms with E-state index in [1.165, 1.54) is 12.0 Å². The number of ether oxygens (including phenoxy) is 2. The van der Waals surface area contributed by atoms with Crippen molar-refractivity contribution in [1.29, 1.82) is 0 Å². The molecule has 1 N–H and O–H groups in total. The Bertz CT molecular complexity index is 1270. The van der Waals surface area contributed by atoms with Gasteiger partial charge in [0.2, 0.25) is 0 Å². The summed E-state index contributed by atoms with van der Waals surface area (Å²) in [5.41, 5.74) is 3.15. The Kier molecular flexibility index (Phi) is 8.17. The van der Waals surface area contributed by atoms with Crippen molar-refractivity contribution in [3.8, 4) is 27.4 Å². The zero-order chi connectivity index (χ0) is 24.1. The van der Waals surface area contributed by atoms with Crippen molar-refractivity contribution >= 4 is 62.2 Å². The molecule has 0 saturated carbocycles. The number of alkyl halides is 1. The lowest BCUT2D eigenvalue weighted by atomic mass is 10.0. The number of carbonyl (C=O) groups excluding carboxylic acids is 1. The SMILES string of the molecule is COC(=O)c1cc(-c2cccs2)cnc1Nc1nc(-c2cccc(OCI)c2)c(CC(C)C)s1. The summed E-state index contributed by atoms with van der Waals surface area (Å²) < 4.78 is 11.3. The molecule has 0 aliphatic heterocycles. The van der Waals surface area contributed by atoms with Gasteiger partial charge in [-0.1, -0.05) is 32.0 Å². The third-order valence-corrected chi connectivity index (χ3v) is 7.17. The molecular weight excluding hydrogens is 581 g/mol. The summed E-state index contributed by atoms with van der Waals surface area (Å²) in [6.45, 7) is 4.37. The molecule has 0 fully saturated rings. The molecule has 4 aromatic rings. The number of thiophene rings is 1. The lowest BCUT2D eigenvalue weighted by Gasteiger charge is -2.09. The van der Waals surface area contributed by atoms with Crippen LogP contribution in [0.1, 0.15) is 29.1 Å². The molecule has 0 atom stereocenters. The van der Waals surface area contributed by atoms with E-state index in [9.17, 15) is 4.79 Å². The van der Waals surface area contributed by atoms with Gasteiger partial charge in [0.25, 0.3) is 0 Å². The summed E-state index contributed by atoms with van der Waals surface area (Å²) in [4.78, 5) is 24.2. The van der Waals surface area contributed by atoms with E-state index in [1.807, 2.05) is 41.8 Å². The van der Waals surface area contributed by atoms with Gasteiger partial charge in [-0.15, -0.1) is 22.7 Å². The molecule has 176 valence electrons. The van der Waals surface area contributed by atoms with Crippen molar-refractivity contribution in [2.45, 2.75) is 20.3 Å². The zero-order valence-corrected chi connectivity index (χ0v) is 22.8. The summed E-state index contributed by atoms with van der Waals surface area (Å²) in [6.07, 6.45) is 2.65. The Morgan fingerprint density at radius 1 is 1.18 bits per heavy atom. The molecule has 4 rings (SSSR count). The van der Waals surface area contributed by atoms with Crippen molar-refractivity contribution in [2.24, 2.45) is 5.92 Å². The topological polar surface area (TPSA) is 73.3 Å². The normalized spacial score (nSPS) is 11.0. The first-order chi connectivity index (χ1) is 16.5. The van der Waals surface area contributed by atoms with Gasteiger partial charge in [-0.3, -0.25) is 0 Å². The van der Waals surface area contributed by atoms with E-state index in [0.717, 1.165) is 33.9 Å². The standard InChI is InChI=1S/C25H24IN3O3S2/c1-15(2)10-21-22(16-6-4-7-18(11-16)32-14-26)28-25(34-21)29-23-19(24(30)31-3)12-17(13-27-23)20-8-5-9-33-20/h4-9,11-13,15H,10,14H2,1-3H3,(H,27,28,29). The first kappa shape index (κ1) is 24.6. The van der Waals surface area contributed by atoms with Gasteiger partial charge in [-0.2, -0.15) is 0 Å². The minimum atomic E-state index is -0.448. The van der Waals surface area contributed by atoms with E-state index in [4.69, 9.17) is 14.5 Å². The molecule has 0 bridgehead atoms. The predicted molar refractivity (Wildman–Crippen MR) is 148 cm³/mol. The highest BCUT2D eigenvalue weighted by Crippen LogP contribution is 2.36. The zero-order valence-electron chi connectivity index (χ0n) is 19.0. The molecular formula is C25H24IN3O3S2. The van der Waals surface area contributed by atoms with Gasteiger partial charge < -0.3 is 14.8 Å². The minimum absolute atomic E-state index is 0.369. The number of anilines is 2. The van der Waals surface area contributed by atoms with E-state index < -0.39 is 5.97 Å². The second-order valence-electron chi connectivity index (χ2n) is 7.88. The van der Waals surface area contributed by atoms with Crippen molar-refractivity contribution in [1.82, 2.24) is 9.97 Å². The summed E-state index contributed by atoms with van der Waals surface area (Å²) in [5, 5.41) is 5.94. The van der Waals surface area contributed by atoms with Crippen molar-refractivity contribution in [2.75, 3.05) is 17.0 Å². The summed E-state index contributed by atoms with van der Waals surface area (Å²) in [6, 6.07) is 13.7. The average Bonchev–Trinajstić information content (AvgIpc) is 3.49. The van der Waals surface area contributed by atoms with Gasteiger partial charge in [0.1, 0.15) is 21.7 Å². The number of hydrogen-bond donors (Lipinski definition) is 1. The molecule has 0 aliphatic rings. The summed E-state index contributed by atoms with van der Waals surface area (Å²) in [5.74, 6) is 1.25. The number of nitrogens with one attached hydrogen (secondary N) is 1. The molecule has 1 aromatic carbocycles. The first-order valence-corrected chi connectivity index (χ1v) is 13.9. The number of nitrogens with zero attached hydrogens (tertiary/aromatic N) is 2. The fourth-order valence-electron chi connectivity index (χ4n) is 3.44. The molecule has 0 aliphatic carbocycles. The van der Waals surface area contributed by atoms with Gasteiger partial charge in [-0.05, 0) is 64.6 Å². The smallest absolute Gasteiger partial charge is 0.341 e. The first-order valence-electron chi connectivity index (χ1n) is 10.7. The maximum atomic E-state index is 12.6. The number of halogens is 1. The van der Waals surface area contributed by atoms with Crippen LogP contribution in [0.4, 0.5) is 10.9 Å².